The lowest BCUT2D eigenvalue weighted by Crippen LogP contribution is -2.52. The minimum absolute atomic E-state index is 0.0567. The highest BCUT2D eigenvalue weighted by atomic mass is 35.5. The van der Waals surface area contributed by atoms with Crippen LogP contribution in [0.4, 0.5) is 5.69 Å². The van der Waals surface area contributed by atoms with Crippen molar-refractivity contribution >= 4 is 50.7 Å². The zero-order chi connectivity index (χ0) is 31.9. The molecule has 3 aromatic rings. The smallest absolute Gasteiger partial charge is 0.264 e. The van der Waals surface area contributed by atoms with E-state index < -0.39 is 28.5 Å². The van der Waals surface area contributed by atoms with Crippen molar-refractivity contribution in [2.75, 3.05) is 17.4 Å². The Hall–Kier alpha value is -3.07. The molecule has 43 heavy (non-hydrogen) atoms. The van der Waals surface area contributed by atoms with Crippen molar-refractivity contribution in [3.63, 3.8) is 0 Å². The van der Waals surface area contributed by atoms with Crippen LogP contribution < -0.4 is 9.62 Å². The lowest BCUT2D eigenvalue weighted by Gasteiger charge is -2.33. The fraction of sp³-hybridized carbons (Fsp3) is 0.394. The van der Waals surface area contributed by atoms with Crippen molar-refractivity contribution in [3.8, 4) is 0 Å². The Morgan fingerprint density at radius 2 is 1.47 bits per heavy atom. The largest absolute Gasteiger partial charge is 0.354 e. The van der Waals surface area contributed by atoms with E-state index in [4.69, 9.17) is 23.2 Å². The number of aryl methyl sites for hydroxylation is 1. The zero-order valence-corrected chi connectivity index (χ0v) is 27.9. The first kappa shape index (κ1) is 34.4. The molecule has 0 saturated carbocycles. The summed E-state index contributed by atoms with van der Waals surface area (Å²) in [6, 6.07) is 17.8. The van der Waals surface area contributed by atoms with Crippen LogP contribution in [-0.2, 0) is 26.2 Å². The second-order valence-electron chi connectivity index (χ2n) is 11.4. The van der Waals surface area contributed by atoms with Crippen LogP contribution in [0.2, 0.25) is 10.0 Å². The van der Waals surface area contributed by atoms with E-state index >= 15 is 0 Å². The van der Waals surface area contributed by atoms with Crippen molar-refractivity contribution < 1.29 is 18.0 Å². The molecule has 0 aliphatic rings. The first-order valence-electron chi connectivity index (χ1n) is 14.5. The molecule has 0 bridgehead atoms. The van der Waals surface area contributed by atoms with Gasteiger partial charge >= 0.3 is 0 Å². The van der Waals surface area contributed by atoms with Gasteiger partial charge in [0.1, 0.15) is 12.6 Å². The van der Waals surface area contributed by atoms with Gasteiger partial charge in [-0.2, -0.15) is 0 Å². The predicted octanol–water partition coefficient (Wildman–Crippen LogP) is 7.20. The number of carbonyl (C=O) groups excluding carboxylic acids is 2. The van der Waals surface area contributed by atoms with Gasteiger partial charge in [0.2, 0.25) is 11.8 Å². The van der Waals surface area contributed by atoms with Crippen LogP contribution in [0.25, 0.3) is 0 Å². The number of nitrogens with zero attached hydrogens (tertiary/aromatic N) is 2. The molecule has 0 saturated heterocycles. The molecule has 232 valence electrons. The first-order chi connectivity index (χ1) is 20.3. The van der Waals surface area contributed by atoms with Crippen molar-refractivity contribution in [1.29, 1.82) is 0 Å². The first-order valence-corrected chi connectivity index (χ1v) is 16.6. The van der Waals surface area contributed by atoms with Crippen LogP contribution in [-0.4, -0.2) is 44.3 Å². The normalized spacial score (nSPS) is 12.3. The monoisotopic (exact) mass is 645 g/mol. The number of nitrogens with one attached hydrogen (secondary N) is 1. The topological polar surface area (TPSA) is 86.8 Å². The van der Waals surface area contributed by atoms with E-state index in [9.17, 15) is 18.0 Å². The minimum atomic E-state index is -4.16. The maximum atomic E-state index is 14.3. The third-order valence-electron chi connectivity index (χ3n) is 7.20. The molecule has 0 unspecified atom stereocenters. The molecular weight excluding hydrogens is 605 g/mol. The predicted molar refractivity (Wildman–Crippen MR) is 175 cm³/mol. The van der Waals surface area contributed by atoms with E-state index in [-0.39, 0.29) is 29.2 Å². The summed E-state index contributed by atoms with van der Waals surface area (Å²) < 4.78 is 29.2. The Morgan fingerprint density at radius 1 is 0.884 bits per heavy atom. The number of anilines is 1. The van der Waals surface area contributed by atoms with E-state index in [0.29, 0.717) is 34.3 Å². The average molecular weight is 647 g/mol. The summed E-state index contributed by atoms with van der Waals surface area (Å²) in [6.07, 6.45) is 0.297. The third-order valence-corrected chi connectivity index (χ3v) is 9.69. The van der Waals surface area contributed by atoms with Gasteiger partial charge in [-0.25, -0.2) is 8.42 Å². The summed E-state index contributed by atoms with van der Waals surface area (Å²) in [4.78, 5) is 29.1. The molecule has 1 N–H and O–H groups in total. The molecule has 0 aliphatic heterocycles. The second-order valence-corrected chi connectivity index (χ2v) is 14.0. The summed E-state index contributed by atoms with van der Waals surface area (Å²) in [6.45, 7) is 11.6. The fourth-order valence-electron chi connectivity index (χ4n) is 4.59. The van der Waals surface area contributed by atoms with E-state index in [1.54, 1.807) is 49.4 Å². The van der Waals surface area contributed by atoms with Crippen molar-refractivity contribution in [1.82, 2.24) is 10.2 Å². The molecule has 0 aromatic heterocycles. The van der Waals surface area contributed by atoms with Crippen LogP contribution in [0.15, 0.2) is 71.6 Å². The van der Waals surface area contributed by atoms with Crippen LogP contribution in [0.3, 0.4) is 0 Å². The molecular formula is C33H41Cl2N3O4S. The summed E-state index contributed by atoms with van der Waals surface area (Å²) in [5, 5.41) is 3.60. The van der Waals surface area contributed by atoms with Gasteiger partial charge in [-0.15, -0.1) is 0 Å². The molecule has 0 spiro atoms. The highest BCUT2D eigenvalue weighted by Gasteiger charge is 2.34. The summed E-state index contributed by atoms with van der Waals surface area (Å²) >= 11 is 13.0. The lowest BCUT2D eigenvalue weighted by atomic mass is 10.0. The number of sulfonamides is 1. The molecule has 7 nitrogen and oxygen atoms in total. The Kier molecular flexibility index (Phi) is 12.1. The number of hydrogen-bond donors (Lipinski definition) is 1. The van der Waals surface area contributed by atoms with E-state index in [1.165, 1.54) is 17.0 Å². The summed E-state index contributed by atoms with van der Waals surface area (Å²) in [5.41, 5.74) is 2.75. The van der Waals surface area contributed by atoms with Crippen LogP contribution in [0.1, 0.15) is 63.6 Å². The van der Waals surface area contributed by atoms with Gasteiger partial charge in [0, 0.05) is 28.7 Å². The number of carbonyl (C=O) groups is 2. The van der Waals surface area contributed by atoms with Crippen LogP contribution in [0, 0.1) is 12.8 Å². The number of amides is 2. The summed E-state index contributed by atoms with van der Waals surface area (Å²) in [7, 11) is -4.16. The molecule has 1 atom stereocenters. The van der Waals surface area contributed by atoms with Gasteiger partial charge < -0.3 is 10.2 Å². The standard InChI is InChI=1S/C33H41Cl2N3O4S/c1-7-31(33(40)36-19-22(2)3)37(20-28-29(34)9-8-10-30(28)35)32(39)21-38(26-15-13-25(14-16-26)23(4)5)43(41,42)27-17-11-24(6)12-18-27/h8-18,22-23,31H,7,19-21H2,1-6H3,(H,36,40)/t31-/m1/s1. The maximum Gasteiger partial charge on any atom is 0.264 e. The number of rotatable bonds is 13. The van der Waals surface area contributed by atoms with Crippen molar-refractivity contribution in [2.45, 2.75) is 71.4 Å². The van der Waals surface area contributed by atoms with Gasteiger partial charge in [-0.3, -0.25) is 13.9 Å². The number of benzene rings is 3. The lowest BCUT2D eigenvalue weighted by molar-refractivity contribution is -0.140. The van der Waals surface area contributed by atoms with Crippen LogP contribution in [0.5, 0.6) is 0 Å². The third kappa shape index (κ3) is 8.74. The Balaban J connectivity index is 2.10. The van der Waals surface area contributed by atoms with Gasteiger partial charge in [-0.1, -0.05) is 93.7 Å². The Labute approximate surface area is 266 Å². The highest BCUT2D eigenvalue weighted by Crippen LogP contribution is 2.29. The van der Waals surface area contributed by atoms with Crippen molar-refractivity contribution in [2.24, 2.45) is 5.92 Å². The Bertz CT molecular complexity index is 1490. The Morgan fingerprint density at radius 3 is 1.98 bits per heavy atom. The number of halogens is 2. The average Bonchev–Trinajstić information content (AvgIpc) is 2.96. The molecule has 10 heteroatoms. The van der Waals surface area contributed by atoms with Gasteiger partial charge in [0.25, 0.3) is 10.0 Å². The fourth-order valence-corrected chi connectivity index (χ4v) is 6.52. The second kappa shape index (κ2) is 15.1. The van der Waals surface area contributed by atoms with E-state index in [0.717, 1.165) is 15.4 Å². The molecule has 0 aliphatic carbocycles. The quantitative estimate of drug-likeness (QED) is 0.213. The molecule has 3 aromatic carbocycles. The highest BCUT2D eigenvalue weighted by molar-refractivity contribution is 7.92. The molecule has 0 fully saturated rings. The zero-order valence-electron chi connectivity index (χ0n) is 25.6. The maximum absolute atomic E-state index is 14.3. The van der Waals surface area contributed by atoms with Gasteiger partial charge in [0.15, 0.2) is 0 Å². The van der Waals surface area contributed by atoms with Crippen LogP contribution >= 0.6 is 23.2 Å². The SMILES string of the molecule is CC[C@H](C(=O)NCC(C)C)N(Cc1c(Cl)cccc1Cl)C(=O)CN(c1ccc(C(C)C)cc1)S(=O)(=O)c1ccc(C)cc1. The van der Waals surface area contributed by atoms with Crippen molar-refractivity contribution in [3.05, 3.63) is 93.5 Å². The van der Waals surface area contributed by atoms with Gasteiger partial charge in [-0.05, 0) is 67.1 Å². The van der Waals surface area contributed by atoms with Gasteiger partial charge in [0.05, 0.1) is 10.6 Å². The molecule has 3 rings (SSSR count). The molecule has 0 radical (unpaired) electrons. The summed E-state index contributed by atoms with van der Waals surface area (Å²) in [5.74, 6) is -0.455. The molecule has 0 heterocycles. The van der Waals surface area contributed by atoms with E-state index in [2.05, 4.69) is 5.32 Å². The van der Waals surface area contributed by atoms with E-state index in [1.807, 2.05) is 46.8 Å². The minimum Gasteiger partial charge on any atom is -0.354 e. The molecule has 2 amide bonds. The number of hydrogen-bond acceptors (Lipinski definition) is 4.